The van der Waals surface area contributed by atoms with E-state index >= 15 is 0 Å². The number of pyridine rings is 1. The number of halogens is 1. The average Bonchev–Trinajstić information content (AvgIpc) is 2.62. The van der Waals surface area contributed by atoms with Crippen LogP contribution >= 0.6 is 11.6 Å². The lowest BCUT2D eigenvalue weighted by Crippen LogP contribution is -2.30. The van der Waals surface area contributed by atoms with Crippen LogP contribution in [0, 0.1) is 0 Å². The van der Waals surface area contributed by atoms with Gasteiger partial charge in [0.2, 0.25) is 0 Å². The molecule has 0 fully saturated rings. The number of carbonyl (C=O) groups is 2. The van der Waals surface area contributed by atoms with Gasteiger partial charge in [-0.05, 0) is 36.2 Å². The predicted octanol–water partition coefficient (Wildman–Crippen LogP) is 2.08. The molecule has 0 radical (unpaired) electrons. The Labute approximate surface area is 151 Å². The van der Waals surface area contributed by atoms with Crippen LogP contribution in [-0.4, -0.2) is 43.6 Å². The molecular weight excluding hydrogens is 342 g/mol. The minimum Gasteiger partial charge on any atom is -0.383 e. The highest BCUT2D eigenvalue weighted by molar-refractivity contribution is 6.30. The zero-order valence-corrected chi connectivity index (χ0v) is 14.7. The molecule has 0 aliphatic rings. The third-order valence-electron chi connectivity index (χ3n) is 3.39. The van der Waals surface area contributed by atoms with Gasteiger partial charge in [-0.15, -0.1) is 0 Å². The first-order valence-electron chi connectivity index (χ1n) is 7.87. The molecule has 6 nitrogen and oxygen atoms in total. The number of ether oxygens (including phenoxy) is 1. The van der Waals surface area contributed by atoms with E-state index in [9.17, 15) is 9.59 Å². The normalized spacial score (nSPS) is 10.3. The summed E-state index contributed by atoms with van der Waals surface area (Å²) >= 11 is 5.93. The number of benzene rings is 1. The summed E-state index contributed by atoms with van der Waals surface area (Å²) in [5.74, 6) is -0.667. The minimum atomic E-state index is -0.342. The molecule has 0 atom stereocenters. The van der Waals surface area contributed by atoms with Gasteiger partial charge in [-0.2, -0.15) is 0 Å². The van der Waals surface area contributed by atoms with E-state index in [-0.39, 0.29) is 23.2 Å². The SMILES string of the molecule is COCCNC(=O)c1cccc(C(=O)NCCc2cccc(Cl)c2)n1. The van der Waals surface area contributed by atoms with Gasteiger partial charge in [0, 0.05) is 25.2 Å². The first kappa shape index (κ1) is 18.9. The third-order valence-corrected chi connectivity index (χ3v) is 3.63. The second kappa shape index (κ2) is 9.76. The van der Waals surface area contributed by atoms with E-state index in [1.807, 2.05) is 18.2 Å². The predicted molar refractivity (Wildman–Crippen MR) is 95.9 cm³/mol. The van der Waals surface area contributed by atoms with Crippen molar-refractivity contribution in [2.45, 2.75) is 6.42 Å². The van der Waals surface area contributed by atoms with Crippen molar-refractivity contribution in [1.29, 1.82) is 0 Å². The Morgan fingerprint density at radius 3 is 2.32 bits per heavy atom. The molecule has 0 spiro atoms. The van der Waals surface area contributed by atoms with E-state index < -0.39 is 0 Å². The van der Waals surface area contributed by atoms with Crippen LogP contribution in [0.25, 0.3) is 0 Å². The van der Waals surface area contributed by atoms with E-state index in [2.05, 4.69) is 15.6 Å². The maximum Gasteiger partial charge on any atom is 0.269 e. The van der Waals surface area contributed by atoms with Crippen LogP contribution in [0.5, 0.6) is 0 Å². The Kier molecular flexibility index (Phi) is 7.37. The van der Waals surface area contributed by atoms with Gasteiger partial charge in [-0.1, -0.05) is 29.8 Å². The number of methoxy groups -OCH3 is 1. The lowest BCUT2D eigenvalue weighted by Gasteiger charge is -2.07. The molecule has 2 rings (SSSR count). The standard InChI is InChI=1S/C18H20ClN3O3/c1-25-11-10-21-18(24)16-7-3-6-15(22-16)17(23)20-9-8-13-4-2-5-14(19)12-13/h2-7,12H,8-11H2,1H3,(H,20,23)(H,21,24). The minimum absolute atomic E-state index is 0.193. The largest absolute Gasteiger partial charge is 0.383 e. The molecule has 132 valence electrons. The molecule has 0 unspecified atom stereocenters. The number of rotatable bonds is 8. The van der Waals surface area contributed by atoms with E-state index in [1.54, 1.807) is 31.4 Å². The zero-order valence-electron chi connectivity index (χ0n) is 13.9. The summed E-state index contributed by atoms with van der Waals surface area (Å²) in [5.41, 5.74) is 1.43. The summed E-state index contributed by atoms with van der Waals surface area (Å²) in [4.78, 5) is 28.2. The van der Waals surface area contributed by atoms with Crippen molar-refractivity contribution in [1.82, 2.24) is 15.6 Å². The van der Waals surface area contributed by atoms with Crippen molar-refractivity contribution in [3.8, 4) is 0 Å². The van der Waals surface area contributed by atoms with Gasteiger partial charge in [-0.3, -0.25) is 9.59 Å². The molecule has 7 heteroatoms. The van der Waals surface area contributed by atoms with E-state index in [0.29, 0.717) is 31.1 Å². The number of carbonyl (C=O) groups excluding carboxylic acids is 2. The highest BCUT2D eigenvalue weighted by atomic mass is 35.5. The van der Waals surface area contributed by atoms with Crippen LogP contribution in [0.1, 0.15) is 26.5 Å². The number of nitrogens with zero attached hydrogens (tertiary/aromatic N) is 1. The van der Waals surface area contributed by atoms with Crippen LogP contribution in [-0.2, 0) is 11.2 Å². The topological polar surface area (TPSA) is 80.3 Å². The highest BCUT2D eigenvalue weighted by Gasteiger charge is 2.11. The summed E-state index contributed by atoms with van der Waals surface area (Å²) in [6.45, 7) is 1.24. The van der Waals surface area contributed by atoms with Gasteiger partial charge >= 0.3 is 0 Å². The lowest BCUT2D eigenvalue weighted by atomic mass is 10.1. The van der Waals surface area contributed by atoms with Crippen molar-refractivity contribution in [2.75, 3.05) is 26.8 Å². The first-order chi connectivity index (χ1) is 12.1. The fourth-order valence-electron chi connectivity index (χ4n) is 2.15. The van der Waals surface area contributed by atoms with Crippen LogP contribution in [0.4, 0.5) is 0 Å². The molecule has 2 N–H and O–H groups in total. The molecule has 1 aromatic carbocycles. The van der Waals surface area contributed by atoms with Gasteiger partial charge in [0.1, 0.15) is 11.4 Å². The molecule has 2 aromatic rings. The van der Waals surface area contributed by atoms with Crippen LogP contribution < -0.4 is 10.6 Å². The Morgan fingerprint density at radius 2 is 1.68 bits per heavy atom. The molecule has 25 heavy (non-hydrogen) atoms. The molecule has 0 aliphatic heterocycles. The quantitative estimate of drug-likeness (QED) is 0.705. The second-order valence-corrected chi connectivity index (χ2v) is 5.73. The average molecular weight is 362 g/mol. The molecule has 1 aromatic heterocycles. The third kappa shape index (κ3) is 6.17. The van der Waals surface area contributed by atoms with Crippen LogP contribution in [0.2, 0.25) is 5.02 Å². The Bertz CT molecular complexity index is 737. The van der Waals surface area contributed by atoms with Gasteiger partial charge in [0.25, 0.3) is 11.8 Å². The van der Waals surface area contributed by atoms with E-state index in [4.69, 9.17) is 16.3 Å². The summed E-state index contributed by atoms with van der Waals surface area (Å²) in [5, 5.41) is 6.12. The Morgan fingerprint density at radius 1 is 1.04 bits per heavy atom. The molecule has 0 aliphatic carbocycles. The van der Waals surface area contributed by atoms with Crippen molar-refractivity contribution in [2.24, 2.45) is 0 Å². The first-order valence-corrected chi connectivity index (χ1v) is 8.25. The Hall–Kier alpha value is -2.44. The molecule has 2 amide bonds. The molecule has 0 bridgehead atoms. The van der Waals surface area contributed by atoms with Crippen molar-refractivity contribution < 1.29 is 14.3 Å². The molecule has 1 heterocycles. The van der Waals surface area contributed by atoms with Gasteiger partial charge in [0.15, 0.2) is 0 Å². The van der Waals surface area contributed by atoms with Crippen molar-refractivity contribution in [3.05, 3.63) is 64.4 Å². The van der Waals surface area contributed by atoms with E-state index in [0.717, 1.165) is 5.56 Å². The fourth-order valence-corrected chi connectivity index (χ4v) is 2.36. The zero-order chi connectivity index (χ0) is 18.1. The van der Waals surface area contributed by atoms with Crippen LogP contribution in [0.3, 0.4) is 0 Å². The number of aromatic nitrogens is 1. The maximum atomic E-state index is 12.2. The smallest absolute Gasteiger partial charge is 0.269 e. The number of hydrogen-bond donors (Lipinski definition) is 2. The molecular formula is C18H20ClN3O3. The van der Waals surface area contributed by atoms with Crippen LogP contribution in [0.15, 0.2) is 42.5 Å². The summed E-state index contributed by atoms with van der Waals surface area (Å²) < 4.78 is 4.87. The monoisotopic (exact) mass is 361 g/mol. The summed E-state index contributed by atoms with van der Waals surface area (Å²) in [7, 11) is 1.55. The number of hydrogen-bond acceptors (Lipinski definition) is 4. The van der Waals surface area contributed by atoms with Gasteiger partial charge in [-0.25, -0.2) is 4.98 Å². The highest BCUT2D eigenvalue weighted by Crippen LogP contribution is 2.10. The Balaban J connectivity index is 1.88. The molecule has 0 saturated heterocycles. The van der Waals surface area contributed by atoms with Crippen molar-refractivity contribution >= 4 is 23.4 Å². The number of nitrogens with one attached hydrogen (secondary N) is 2. The summed E-state index contributed by atoms with van der Waals surface area (Å²) in [6, 6.07) is 12.2. The van der Waals surface area contributed by atoms with E-state index in [1.165, 1.54) is 0 Å². The van der Waals surface area contributed by atoms with Gasteiger partial charge < -0.3 is 15.4 Å². The lowest BCUT2D eigenvalue weighted by molar-refractivity contribution is 0.0931. The molecule has 0 saturated carbocycles. The maximum absolute atomic E-state index is 12.2. The second-order valence-electron chi connectivity index (χ2n) is 5.29. The summed E-state index contributed by atoms with van der Waals surface area (Å²) in [6.07, 6.45) is 0.656. The number of amides is 2. The fraction of sp³-hybridized carbons (Fsp3) is 0.278. The van der Waals surface area contributed by atoms with Crippen molar-refractivity contribution in [3.63, 3.8) is 0 Å². The van der Waals surface area contributed by atoms with Gasteiger partial charge in [0.05, 0.1) is 6.61 Å².